The van der Waals surface area contributed by atoms with Gasteiger partial charge in [0.2, 0.25) is 5.91 Å². The third-order valence-corrected chi connectivity index (χ3v) is 5.53. The van der Waals surface area contributed by atoms with Crippen molar-refractivity contribution >= 4 is 11.8 Å². The van der Waals surface area contributed by atoms with Gasteiger partial charge < -0.3 is 14.7 Å². The Morgan fingerprint density at radius 1 is 1.00 bits per heavy atom. The second-order valence-electron chi connectivity index (χ2n) is 7.20. The number of hydrogen-bond acceptors (Lipinski definition) is 3. The molecule has 0 radical (unpaired) electrons. The molecule has 2 aliphatic rings. The van der Waals surface area contributed by atoms with Crippen molar-refractivity contribution in [3.63, 3.8) is 0 Å². The maximum atomic E-state index is 12.7. The molecule has 1 aromatic rings. The minimum Gasteiger partial charge on any atom is -0.340 e. The Hall–Kier alpha value is -1.88. The third-order valence-electron chi connectivity index (χ3n) is 5.53. The maximum Gasteiger partial charge on any atom is 0.253 e. The van der Waals surface area contributed by atoms with Crippen molar-refractivity contribution in [1.82, 2.24) is 14.7 Å². The fraction of sp³-hybridized carbons (Fsp3) is 0.600. The Labute approximate surface area is 150 Å². The van der Waals surface area contributed by atoms with E-state index < -0.39 is 0 Å². The molecule has 0 aliphatic carbocycles. The van der Waals surface area contributed by atoms with Crippen molar-refractivity contribution in [3.05, 3.63) is 35.4 Å². The van der Waals surface area contributed by atoms with Crippen molar-refractivity contribution in [2.24, 2.45) is 5.92 Å². The fourth-order valence-electron chi connectivity index (χ4n) is 3.83. The zero-order valence-corrected chi connectivity index (χ0v) is 15.4. The predicted molar refractivity (Wildman–Crippen MR) is 98.5 cm³/mol. The van der Waals surface area contributed by atoms with Gasteiger partial charge in [-0.2, -0.15) is 0 Å². The summed E-state index contributed by atoms with van der Waals surface area (Å²) in [5.41, 5.74) is 1.85. The molecule has 2 aliphatic heterocycles. The summed E-state index contributed by atoms with van der Waals surface area (Å²) in [5, 5.41) is 0. The van der Waals surface area contributed by atoms with E-state index in [1.54, 1.807) is 0 Å². The molecule has 0 unspecified atom stereocenters. The first-order valence-electron chi connectivity index (χ1n) is 9.45. The topological polar surface area (TPSA) is 43.9 Å². The van der Waals surface area contributed by atoms with E-state index in [-0.39, 0.29) is 11.8 Å². The van der Waals surface area contributed by atoms with E-state index in [0.717, 1.165) is 56.7 Å². The standard InChI is InChI=1S/C20H29N3O2/c1-3-21-11-13-23(14-12-21)19(24)17-7-9-22(10-8-17)20(25)18-6-4-5-16(2)15-18/h4-6,15,17H,3,7-14H2,1-2H3. The molecule has 25 heavy (non-hydrogen) atoms. The van der Waals surface area contributed by atoms with E-state index in [2.05, 4.69) is 11.8 Å². The van der Waals surface area contributed by atoms with Crippen LogP contribution in [0.4, 0.5) is 0 Å². The summed E-state index contributed by atoms with van der Waals surface area (Å²) in [4.78, 5) is 31.7. The average Bonchev–Trinajstić information content (AvgIpc) is 2.67. The summed E-state index contributed by atoms with van der Waals surface area (Å²) in [6, 6.07) is 7.74. The van der Waals surface area contributed by atoms with Gasteiger partial charge in [-0.05, 0) is 38.4 Å². The number of aryl methyl sites for hydroxylation is 1. The number of carbonyl (C=O) groups excluding carboxylic acids is 2. The number of rotatable bonds is 3. The molecule has 0 N–H and O–H groups in total. The lowest BCUT2D eigenvalue weighted by atomic mass is 9.94. The van der Waals surface area contributed by atoms with Crippen LogP contribution in [0.2, 0.25) is 0 Å². The largest absolute Gasteiger partial charge is 0.340 e. The van der Waals surface area contributed by atoms with Crippen LogP contribution in [0.5, 0.6) is 0 Å². The van der Waals surface area contributed by atoms with Crippen molar-refractivity contribution < 1.29 is 9.59 Å². The summed E-state index contributed by atoms with van der Waals surface area (Å²) >= 11 is 0. The highest BCUT2D eigenvalue weighted by Crippen LogP contribution is 2.22. The van der Waals surface area contributed by atoms with Gasteiger partial charge in [0, 0.05) is 50.7 Å². The van der Waals surface area contributed by atoms with Gasteiger partial charge in [0.15, 0.2) is 0 Å². The van der Waals surface area contributed by atoms with Crippen LogP contribution in [0.25, 0.3) is 0 Å². The molecule has 5 heteroatoms. The van der Waals surface area contributed by atoms with Gasteiger partial charge in [-0.3, -0.25) is 9.59 Å². The molecule has 2 saturated heterocycles. The summed E-state index contributed by atoms with van der Waals surface area (Å²) in [7, 11) is 0. The van der Waals surface area contributed by atoms with Crippen LogP contribution in [-0.2, 0) is 4.79 Å². The van der Waals surface area contributed by atoms with Crippen molar-refractivity contribution in [1.29, 1.82) is 0 Å². The molecule has 2 fully saturated rings. The second-order valence-corrected chi connectivity index (χ2v) is 7.20. The Morgan fingerprint density at radius 3 is 2.28 bits per heavy atom. The normalized spacial score (nSPS) is 19.9. The van der Waals surface area contributed by atoms with Gasteiger partial charge in [0.25, 0.3) is 5.91 Å². The summed E-state index contributed by atoms with van der Waals surface area (Å²) in [6.45, 7) is 10.2. The fourth-order valence-corrected chi connectivity index (χ4v) is 3.83. The lowest BCUT2D eigenvalue weighted by Crippen LogP contribution is -2.51. The molecule has 0 atom stereocenters. The van der Waals surface area contributed by atoms with Crippen LogP contribution in [0.3, 0.4) is 0 Å². The van der Waals surface area contributed by atoms with Crippen molar-refractivity contribution in [3.8, 4) is 0 Å². The second kappa shape index (κ2) is 8.00. The van der Waals surface area contributed by atoms with Crippen molar-refractivity contribution in [2.75, 3.05) is 45.8 Å². The molecule has 0 saturated carbocycles. The van der Waals surface area contributed by atoms with Gasteiger partial charge in [-0.1, -0.05) is 24.6 Å². The summed E-state index contributed by atoms with van der Waals surface area (Å²) in [6.07, 6.45) is 1.56. The first kappa shape index (κ1) is 17.9. The molecular formula is C20H29N3O2. The van der Waals surface area contributed by atoms with Crippen LogP contribution in [0.15, 0.2) is 24.3 Å². The van der Waals surface area contributed by atoms with Crippen LogP contribution in [-0.4, -0.2) is 72.3 Å². The zero-order chi connectivity index (χ0) is 17.8. The number of piperidine rings is 1. The molecule has 2 amide bonds. The molecule has 136 valence electrons. The maximum absolute atomic E-state index is 12.7. The quantitative estimate of drug-likeness (QED) is 0.843. The Morgan fingerprint density at radius 2 is 1.68 bits per heavy atom. The molecule has 2 heterocycles. The molecule has 3 rings (SSSR count). The van der Waals surface area contributed by atoms with Crippen LogP contribution in [0.1, 0.15) is 35.7 Å². The van der Waals surface area contributed by atoms with Gasteiger partial charge in [0.1, 0.15) is 0 Å². The number of nitrogens with zero attached hydrogens (tertiary/aromatic N) is 3. The zero-order valence-electron chi connectivity index (χ0n) is 15.4. The lowest BCUT2D eigenvalue weighted by Gasteiger charge is -2.38. The minimum absolute atomic E-state index is 0.0785. The lowest BCUT2D eigenvalue weighted by molar-refractivity contribution is -0.138. The van der Waals surface area contributed by atoms with E-state index in [9.17, 15) is 9.59 Å². The van der Waals surface area contributed by atoms with Crippen LogP contribution >= 0.6 is 0 Å². The minimum atomic E-state index is 0.0785. The van der Waals surface area contributed by atoms with E-state index in [1.807, 2.05) is 41.0 Å². The molecule has 1 aromatic carbocycles. The van der Waals surface area contributed by atoms with Gasteiger partial charge in [-0.15, -0.1) is 0 Å². The van der Waals surface area contributed by atoms with E-state index in [0.29, 0.717) is 19.0 Å². The predicted octanol–water partition coefficient (Wildman–Crippen LogP) is 2.01. The number of hydrogen-bond donors (Lipinski definition) is 0. The Kier molecular flexibility index (Phi) is 5.74. The smallest absolute Gasteiger partial charge is 0.253 e. The van der Waals surface area contributed by atoms with E-state index in [1.165, 1.54) is 0 Å². The number of piperazine rings is 1. The molecular weight excluding hydrogens is 314 g/mol. The first-order chi connectivity index (χ1) is 12.1. The SMILES string of the molecule is CCN1CCN(C(=O)C2CCN(C(=O)c3cccc(C)c3)CC2)CC1. The molecule has 0 aromatic heterocycles. The van der Waals surface area contributed by atoms with E-state index >= 15 is 0 Å². The highest BCUT2D eigenvalue weighted by molar-refractivity contribution is 5.94. The Bertz CT molecular complexity index is 615. The van der Waals surface area contributed by atoms with Gasteiger partial charge in [-0.25, -0.2) is 0 Å². The number of carbonyl (C=O) groups is 2. The molecule has 0 bridgehead atoms. The monoisotopic (exact) mass is 343 g/mol. The summed E-state index contributed by atoms with van der Waals surface area (Å²) < 4.78 is 0. The van der Waals surface area contributed by atoms with Gasteiger partial charge >= 0.3 is 0 Å². The highest BCUT2D eigenvalue weighted by atomic mass is 16.2. The highest BCUT2D eigenvalue weighted by Gasteiger charge is 2.31. The van der Waals surface area contributed by atoms with Gasteiger partial charge in [0.05, 0.1) is 0 Å². The summed E-state index contributed by atoms with van der Waals surface area (Å²) in [5.74, 6) is 0.458. The number of likely N-dealkylation sites (tertiary alicyclic amines) is 1. The number of likely N-dealkylation sites (N-methyl/N-ethyl adjacent to an activating group) is 1. The average molecular weight is 343 g/mol. The van der Waals surface area contributed by atoms with E-state index in [4.69, 9.17) is 0 Å². The van der Waals surface area contributed by atoms with Crippen LogP contribution in [0, 0.1) is 12.8 Å². The number of amides is 2. The number of benzene rings is 1. The van der Waals surface area contributed by atoms with Crippen molar-refractivity contribution in [2.45, 2.75) is 26.7 Å². The third kappa shape index (κ3) is 4.21. The Balaban J connectivity index is 1.51. The van der Waals surface area contributed by atoms with Crippen LogP contribution < -0.4 is 0 Å². The first-order valence-corrected chi connectivity index (χ1v) is 9.45. The molecule has 5 nitrogen and oxygen atoms in total. The molecule has 0 spiro atoms.